The first-order valence-electron chi connectivity index (χ1n) is 6.99. The maximum atomic E-state index is 5.93. The van der Waals surface area contributed by atoms with Gasteiger partial charge in [0.15, 0.2) is 0 Å². The van der Waals surface area contributed by atoms with E-state index in [9.17, 15) is 0 Å². The van der Waals surface area contributed by atoms with E-state index in [1.165, 1.54) is 19.3 Å². The molecule has 18 heavy (non-hydrogen) atoms. The molecule has 3 nitrogen and oxygen atoms in total. The number of hydrogen-bond acceptors (Lipinski definition) is 3. The standard InChI is InChI=1S/C15H24N2O/c1-3-8-18-14-10-12(16)9-13(11-14)17-15(4-2)6-5-7-15/h9-11,17H,3-8,16H2,1-2H3. The fourth-order valence-electron chi connectivity index (χ4n) is 2.47. The molecule has 3 N–H and O–H groups in total. The Balaban J connectivity index is 2.09. The molecule has 0 spiro atoms. The van der Waals surface area contributed by atoms with Crippen LogP contribution in [0.2, 0.25) is 0 Å². The van der Waals surface area contributed by atoms with Crippen molar-refractivity contribution in [3.63, 3.8) is 0 Å². The summed E-state index contributed by atoms with van der Waals surface area (Å²) in [6, 6.07) is 5.94. The van der Waals surface area contributed by atoms with E-state index in [1.54, 1.807) is 0 Å². The lowest BCUT2D eigenvalue weighted by atomic mass is 9.74. The summed E-state index contributed by atoms with van der Waals surface area (Å²) in [5, 5.41) is 3.64. The van der Waals surface area contributed by atoms with E-state index in [0.717, 1.165) is 36.6 Å². The third-order valence-electron chi connectivity index (χ3n) is 3.80. The summed E-state index contributed by atoms with van der Waals surface area (Å²) < 4.78 is 5.66. The van der Waals surface area contributed by atoms with Crippen molar-refractivity contribution in [3.8, 4) is 5.75 Å². The van der Waals surface area contributed by atoms with Gasteiger partial charge in [0.25, 0.3) is 0 Å². The van der Waals surface area contributed by atoms with Gasteiger partial charge in [0.1, 0.15) is 5.75 Å². The zero-order valence-corrected chi connectivity index (χ0v) is 11.5. The fraction of sp³-hybridized carbons (Fsp3) is 0.600. The molecule has 1 aliphatic carbocycles. The number of rotatable bonds is 6. The molecule has 1 aromatic carbocycles. The van der Waals surface area contributed by atoms with Crippen molar-refractivity contribution < 1.29 is 4.74 Å². The van der Waals surface area contributed by atoms with Gasteiger partial charge >= 0.3 is 0 Å². The Morgan fingerprint density at radius 3 is 2.61 bits per heavy atom. The Morgan fingerprint density at radius 2 is 2.06 bits per heavy atom. The Bertz CT molecular complexity index is 394. The molecule has 2 rings (SSSR count). The topological polar surface area (TPSA) is 47.3 Å². The van der Waals surface area contributed by atoms with Crippen LogP contribution in [0.3, 0.4) is 0 Å². The third kappa shape index (κ3) is 2.89. The van der Waals surface area contributed by atoms with E-state index in [1.807, 2.05) is 12.1 Å². The second kappa shape index (κ2) is 5.51. The van der Waals surface area contributed by atoms with Crippen LogP contribution in [0, 0.1) is 0 Å². The van der Waals surface area contributed by atoms with Gasteiger partial charge in [0.05, 0.1) is 6.61 Å². The highest BCUT2D eigenvalue weighted by Crippen LogP contribution is 2.38. The Hall–Kier alpha value is -1.38. The molecule has 1 fully saturated rings. The lowest BCUT2D eigenvalue weighted by molar-refractivity contribution is 0.269. The van der Waals surface area contributed by atoms with Gasteiger partial charge in [-0.15, -0.1) is 0 Å². The van der Waals surface area contributed by atoms with Gasteiger partial charge in [0.2, 0.25) is 0 Å². The first kappa shape index (κ1) is 13.1. The highest BCUT2D eigenvalue weighted by Gasteiger charge is 2.34. The fourth-order valence-corrected chi connectivity index (χ4v) is 2.47. The number of benzene rings is 1. The first-order chi connectivity index (χ1) is 8.67. The minimum atomic E-state index is 0.288. The van der Waals surface area contributed by atoms with Crippen LogP contribution in [-0.2, 0) is 0 Å². The molecule has 1 saturated carbocycles. The number of anilines is 2. The monoisotopic (exact) mass is 248 g/mol. The zero-order valence-electron chi connectivity index (χ0n) is 11.5. The predicted molar refractivity (Wildman–Crippen MR) is 77.1 cm³/mol. The van der Waals surface area contributed by atoms with Crippen LogP contribution in [0.15, 0.2) is 18.2 Å². The van der Waals surface area contributed by atoms with E-state index < -0.39 is 0 Å². The molecule has 0 aliphatic heterocycles. The van der Waals surface area contributed by atoms with Gasteiger partial charge in [-0.3, -0.25) is 0 Å². The zero-order chi connectivity index (χ0) is 13.0. The summed E-state index contributed by atoms with van der Waals surface area (Å²) in [7, 11) is 0. The molecule has 0 radical (unpaired) electrons. The van der Waals surface area contributed by atoms with E-state index >= 15 is 0 Å². The maximum absolute atomic E-state index is 5.93. The summed E-state index contributed by atoms with van der Waals surface area (Å²) >= 11 is 0. The van der Waals surface area contributed by atoms with E-state index in [0.29, 0.717) is 0 Å². The van der Waals surface area contributed by atoms with Crippen LogP contribution in [0.5, 0.6) is 5.75 Å². The van der Waals surface area contributed by atoms with Crippen molar-refractivity contribution in [1.82, 2.24) is 0 Å². The summed E-state index contributed by atoms with van der Waals surface area (Å²) in [5.41, 5.74) is 8.07. The number of nitrogens with one attached hydrogen (secondary N) is 1. The van der Waals surface area contributed by atoms with Crippen LogP contribution < -0.4 is 15.8 Å². The molecule has 0 bridgehead atoms. The highest BCUT2D eigenvalue weighted by molar-refractivity contribution is 5.60. The van der Waals surface area contributed by atoms with Crippen molar-refractivity contribution in [2.24, 2.45) is 0 Å². The van der Waals surface area contributed by atoms with Crippen molar-refractivity contribution in [3.05, 3.63) is 18.2 Å². The third-order valence-corrected chi connectivity index (χ3v) is 3.80. The van der Waals surface area contributed by atoms with Crippen molar-refractivity contribution in [1.29, 1.82) is 0 Å². The second-order valence-corrected chi connectivity index (χ2v) is 5.25. The van der Waals surface area contributed by atoms with Gasteiger partial charge < -0.3 is 15.8 Å². The average Bonchev–Trinajstić information content (AvgIpc) is 2.30. The SMILES string of the molecule is CCCOc1cc(N)cc(NC2(CC)CCC2)c1. The van der Waals surface area contributed by atoms with Crippen LogP contribution >= 0.6 is 0 Å². The molecule has 0 saturated heterocycles. The Labute approximate surface area is 110 Å². The van der Waals surface area contributed by atoms with Crippen molar-refractivity contribution >= 4 is 11.4 Å². The molecule has 1 aromatic rings. The number of hydrogen-bond donors (Lipinski definition) is 2. The largest absolute Gasteiger partial charge is 0.493 e. The van der Waals surface area contributed by atoms with Gasteiger partial charge in [-0.25, -0.2) is 0 Å². The van der Waals surface area contributed by atoms with Gasteiger partial charge in [-0.1, -0.05) is 13.8 Å². The van der Waals surface area contributed by atoms with E-state index in [2.05, 4.69) is 25.2 Å². The molecule has 0 atom stereocenters. The minimum Gasteiger partial charge on any atom is -0.493 e. The predicted octanol–water partition coefficient (Wildman–Crippen LogP) is 3.80. The van der Waals surface area contributed by atoms with Crippen molar-refractivity contribution in [2.45, 2.75) is 51.5 Å². The molecule has 100 valence electrons. The normalized spacial score (nSPS) is 17.0. The van der Waals surface area contributed by atoms with Crippen LogP contribution in [-0.4, -0.2) is 12.1 Å². The van der Waals surface area contributed by atoms with E-state index in [4.69, 9.17) is 10.5 Å². The molecule has 3 heteroatoms. The number of nitrogens with two attached hydrogens (primary N) is 1. The minimum absolute atomic E-state index is 0.288. The van der Waals surface area contributed by atoms with E-state index in [-0.39, 0.29) is 5.54 Å². The summed E-state index contributed by atoms with van der Waals surface area (Å²) in [5.74, 6) is 0.866. The summed E-state index contributed by atoms with van der Waals surface area (Å²) in [4.78, 5) is 0. The van der Waals surface area contributed by atoms with Gasteiger partial charge in [-0.2, -0.15) is 0 Å². The number of nitrogen functional groups attached to an aromatic ring is 1. The molecular formula is C15H24N2O. The lowest BCUT2D eigenvalue weighted by Crippen LogP contribution is -2.44. The van der Waals surface area contributed by atoms with Crippen LogP contribution in [0.1, 0.15) is 46.0 Å². The van der Waals surface area contributed by atoms with Crippen LogP contribution in [0.25, 0.3) is 0 Å². The quantitative estimate of drug-likeness (QED) is 0.753. The maximum Gasteiger partial charge on any atom is 0.123 e. The Kier molecular flexibility index (Phi) is 4.00. The molecule has 0 heterocycles. The molecular weight excluding hydrogens is 224 g/mol. The Morgan fingerprint density at radius 1 is 1.28 bits per heavy atom. The molecule has 0 unspecified atom stereocenters. The highest BCUT2D eigenvalue weighted by atomic mass is 16.5. The molecule has 0 aromatic heterocycles. The summed E-state index contributed by atoms with van der Waals surface area (Å²) in [6.45, 7) is 5.08. The smallest absolute Gasteiger partial charge is 0.123 e. The molecule has 1 aliphatic rings. The lowest BCUT2D eigenvalue weighted by Gasteiger charge is -2.43. The molecule has 0 amide bonds. The average molecular weight is 248 g/mol. The van der Waals surface area contributed by atoms with Crippen LogP contribution in [0.4, 0.5) is 11.4 Å². The van der Waals surface area contributed by atoms with Crippen molar-refractivity contribution in [2.75, 3.05) is 17.7 Å². The summed E-state index contributed by atoms with van der Waals surface area (Å²) in [6.07, 6.45) is 6.00. The first-order valence-corrected chi connectivity index (χ1v) is 6.99. The number of ether oxygens (including phenoxy) is 1. The second-order valence-electron chi connectivity index (χ2n) is 5.25. The van der Waals surface area contributed by atoms with Gasteiger partial charge in [0, 0.05) is 29.0 Å². The van der Waals surface area contributed by atoms with Gasteiger partial charge in [-0.05, 0) is 38.2 Å².